The van der Waals surface area contributed by atoms with E-state index in [1.165, 1.54) is 18.9 Å². The van der Waals surface area contributed by atoms with Crippen molar-refractivity contribution in [3.8, 4) is 33.8 Å². The SMILES string of the molecule is CCn1cnc2c(-c3ccc(F)c(-c4cc5c(cc4OC)N(C4CC4)CCO5)c3)cnnc21. The predicted octanol–water partition coefficient (Wildman–Crippen LogP) is 4.69. The summed E-state index contributed by atoms with van der Waals surface area (Å²) in [6.45, 7) is 4.26. The lowest BCUT2D eigenvalue weighted by atomic mass is 9.97. The number of imidazole rings is 1. The number of aromatic nitrogens is 4. The minimum absolute atomic E-state index is 0.329. The molecule has 0 atom stereocenters. The maximum Gasteiger partial charge on any atom is 0.183 e. The molecule has 2 aliphatic rings. The van der Waals surface area contributed by atoms with Crippen LogP contribution in [0.2, 0.25) is 0 Å². The van der Waals surface area contributed by atoms with Crippen LogP contribution < -0.4 is 14.4 Å². The maximum absolute atomic E-state index is 15.2. The van der Waals surface area contributed by atoms with E-state index in [-0.39, 0.29) is 5.82 Å². The molecular formula is C25H24FN5O2. The van der Waals surface area contributed by atoms with Gasteiger partial charge in [0.15, 0.2) is 5.65 Å². The van der Waals surface area contributed by atoms with Crippen LogP contribution in [-0.4, -0.2) is 46.1 Å². The van der Waals surface area contributed by atoms with Crippen molar-refractivity contribution < 1.29 is 13.9 Å². The number of methoxy groups -OCH3 is 1. The number of benzene rings is 2. The third kappa shape index (κ3) is 3.28. The van der Waals surface area contributed by atoms with Crippen LogP contribution >= 0.6 is 0 Å². The summed E-state index contributed by atoms with van der Waals surface area (Å²) < 4.78 is 28.8. The van der Waals surface area contributed by atoms with Gasteiger partial charge in [-0.25, -0.2) is 9.37 Å². The molecule has 0 saturated heterocycles. The van der Waals surface area contributed by atoms with Crippen LogP contribution in [0.15, 0.2) is 42.9 Å². The summed E-state index contributed by atoms with van der Waals surface area (Å²) in [6.07, 6.45) is 5.82. The highest BCUT2D eigenvalue weighted by Crippen LogP contribution is 2.46. The molecule has 1 saturated carbocycles. The highest BCUT2D eigenvalue weighted by Gasteiger charge is 2.33. The minimum atomic E-state index is -0.329. The number of halogens is 1. The fourth-order valence-corrected chi connectivity index (χ4v) is 4.62. The maximum atomic E-state index is 15.2. The minimum Gasteiger partial charge on any atom is -0.496 e. The van der Waals surface area contributed by atoms with E-state index in [4.69, 9.17) is 9.47 Å². The van der Waals surface area contributed by atoms with Gasteiger partial charge >= 0.3 is 0 Å². The van der Waals surface area contributed by atoms with Crippen LogP contribution in [-0.2, 0) is 6.54 Å². The first-order chi connectivity index (χ1) is 16.2. The molecule has 2 aromatic carbocycles. The van der Waals surface area contributed by atoms with E-state index >= 15 is 4.39 Å². The largest absolute Gasteiger partial charge is 0.496 e. The topological polar surface area (TPSA) is 65.3 Å². The summed E-state index contributed by atoms with van der Waals surface area (Å²) >= 11 is 0. The summed E-state index contributed by atoms with van der Waals surface area (Å²) in [5, 5.41) is 8.40. The van der Waals surface area contributed by atoms with E-state index in [2.05, 4.69) is 20.1 Å². The number of hydrogen-bond acceptors (Lipinski definition) is 6. The molecule has 7 nitrogen and oxygen atoms in total. The molecule has 0 spiro atoms. The Bertz CT molecular complexity index is 1360. The van der Waals surface area contributed by atoms with Gasteiger partial charge in [0.2, 0.25) is 0 Å². The van der Waals surface area contributed by atoms with Gasteiger partial charge in [-0.3, -0.25) is 0 Å². The monoisotopic (exact) mass is 445 g/mol. The number of hydrogen-bond donors (Lipinski definition) is 0. The van der Waals surface area contributed by atoms with Gasteiger partial charge in [-0.15, -0.1) is 5.10 Å². The van der Waals surface area contributed by atoms with E-state index in [0.717, 1.165) is 41.2 Å². The number of nitrogens with zero attached hydrogens (tertiary/aromatic N) is 5. The molecule has 0 bridgehead atoms. The second-order valence-electron chi connectivity index (χ2n) is 8.45. The first-order valence-electron chi connectivity index (χ1n) is 11.3. The molecule has 168 valence electrons. The van der Waals surface area contributed by atoms with Crippen LogP contribution in [0.1, 0.15) is 19.8 Å². The number of rotatable bonds is 5. The van der Waals surface area contributed by atoms with Crippen molar-refractivity contribution in [2.45, 2.75) is 32.4 Å². The molecule has 2 aromatic heterocycles. The van der Waals surface area contributed by atoms with E-state index < -0.39 is 0 Å². The third-order valence-corrected chi connectivity index (χ3v) is 6.48. The van der Waals surface area contributed by atoms with Crippen LogP contribution in [0.3, 0.4) is 0 Å². The van der Waals surface area contributed by atoms with Crippen LogP contribution in [0.5, 0.6) is 11.5 Å². The zero-order chi connectivity index (χ0) is 22.5. The Morgan fingerprint density at radius 1 is 1.15 bits per heavy atom. The van der Waals surface area contributed by atoms with E-state index in [0.29, 0.717) is 35.2 Å². The Hall–Kier alpha value is -3.68. The fourth-order valence-electron chi connectivity index (χ4n) is 4.62. The van der Waals surface area contributed by atoms with Crippen molar-refractivity contribution in [1.29, 1.82) is 0 Å². The molecule has 33 heavy (non-hydrogen) atoms. The van der Waals surface area contributed by atoms with Crippen molar-refractivity contribution in [2.75, 3.05) is 25.2 Å². The number of anilines is 1. The lowest BCUT2D eigenvalue weighted by Crippen LogP contribution is -2.34. The van der Waals surface area contributed by atoms with Gasteiger partial charge in [0, 0.05) is 35.3 Å². The zero-order valence-corrected chi connectivity index (χ0v) is 18.6. The molecule has 4 aromatic rings. The Labute approximate surface area is 190 Å². The van der Waals surface area contributed by atoms with Gasteiger partial charge in [0.05, 0.1) is 31.9 Å². The van der Waals surface area contributed by atoms with Crippen molar-refractivity contribution in [3.63, 3.8) is 0 Å². The van der Waals surface area contributed by atoms with E-state index in [1.807, 2.05) is 29.7 Å². The lowest BCUT2D eigenvalue weighted by molar-refractivity contribution is 0.306. The quantitative estimate of drug-likeness (QED) is 0.444. The Morgan fingerprint density at radius 2 is 2.03 bits per heavy atom. The Morgan fingerprint density at radius 3 is 2.82 bits per heavy atom. The molecule has 0 amide bonds. The summed E-state index contributed by atoms with van der Waals surface area (Å²) in [6, 6.07) is 9.48. The van der Waals surface area contributed by atoms with Gasteiger partial charge in [0.1, 0.15) is 29.4 Å². The molecule has 3 heterocycles. The highest BCUT2D eigenvalue weighted by molar-refractivity contribution is 5.91. The highest BCUT2D eigenvalue weighted by atomic mass is 19.1. The second kappa shape index (κ2) is 7.72. The number of fused-ring (bicyclic) bond motifs is 2. The summed E-state index contributed by atoms with van der Waals surface area (Å²) in [5.41, 5.74) is 5.19. The third-order valence-electron chi connectivity index (χ3n) is 6.48. The summed E-state index contributed by atoms with van der Waals surface area (Å²) in [7, 11) is 1.62. The standard InChI is InChI=1S/C25H24FN5O2/c1-3-30-14-27-24-19(13-28-29-25(24)30)15-4-7-20(26)17(10-15)18-11-23-21(12-22(18)32-2)31(8-9-33-23)16-5-6-16/h4,7,10-14,16H,3,5-6,8-9H2,1-2H3. The number of aryl methyl sites for hydroxylation is 1. The van der Waals surface area contributed by atoms with Crippen molar-refractivity contribution in [1.82, 2.24) is 19.7 Å². The van der Waals surface area contributed by atoms with Gasteiger partial charge < -0.3 is 18.9 Å². The molecule has 6 rings (SSSR count). The van der Waals surface area contributed by atoms with Crippen LogP contribution in [0.25, 0.3) is 33.4 Å². The first kappa shape index (κ1) is 20.0. The first-order valence-corrected chi connectivity index (χ1v) is 11.3. The van der Waals surface area contributed by atoms with Gasteiger partial charge in [-0.1, -0.05) is 6.07 Å². The Kier molecular flexibility index (Phi) is 4.67. The molecule has 0 N–H and O–H groups in total. The molecular weight excluding hydrogens is 421 g/mol. The average molecular weight is 445 g/mol. The zero-order valence-electron chi connectivity index (χ0n) is 18.6. The van der Waals surface area contributed by atoms with Crippen molar-refractivity contribution in [2.24, 2.45) is 0 Å². The molecule has 1 aliphatic carbocycles. The lowest BCUT2D eigenvalue weighted by Gasteiger charge is -2.32. The molecule has 8 heteroatoms. The fraction of sp³-hybridized carbons (Fsp3) is 0.320. The van der Waals surface area contributed by atoms with Gasteiger partial charge in [-0.2, -0.15) is 5.10 Å². The second-order valence-corrected chi connectivity index (χ2v) is 8.45. The Balaban J connectivity index is 1.49. The van der Waals surface area contributed by atoms with Crippen LogP contribution in [0, 0.1) is 5.82 Å². The van der Waals surface area contributed by atoms with Crippen molar-refractivity contribution >= 4 is 16.9 Å². The normalized spacial score (nSPS) is 15.4. The summed E-state index contributed by atoms with van der Waals surface area (Å²) in [4.78, 5) is 6.91. The summed E-state index contributed by atoms with van der Waals surface area (Å²) in [5.74, 6) is 1.06. The van der Waals surface area contributed by atoms with Gasteiger partial charge in [-0.05, 0) is 43.5 Å². The van der Waals surface area contributed by atoms with Crippen LogP contribution in [0.4, 0.5) is 10.1 Å². The van der Waals surface area contributed by atoms with Crippen molar-refractivity contribution in [3.05, 3.63) is 48.7 Å². The van der Waals surface area contributed by atoms with E-state index in [1.54, 1.807) is 25.7 Å². The van der Waals surface area contributed by atoms with Gasteiger partial charge in [0.25, 0.3) is 0 Å². The molecule has 1 aliphatic heterocycles. The number of ether oxygens (including phenoxy) is 2. The molecule has 0 radical (unpaired) electrons. The van der Waals surface area contributed by atoms with E-state index in [9.17, 15) is 0 Å². The molecule has 1 fully saturated rings. The molecule has 0 unspecified atom stereocenters. The predicted molar refractivity (Wildman–Crippen MR) is 124 cm³/mol. The average Bonchev–Trinajstić information content (AvgIpc) is 3.61. The smallest absolute Gasteiger partial charge is 0.183 e.